The number of carbonyl (C=O) groups is 1. The fraction of sp³-hybridized carbons (Fsp3) is 0.435. The standard InChI is InChI=1S/C23H28N2O4S/c26-22-15-23(17-24-22,14-18-5-2-1-3-6-18)20-7-4-8-21(13-20)29-12-11-25-30(27,28)16-19-9-10-19/h1-8,13,19,25H,9-12,14-17H2,(H,24,26). The minimum atomic E-state index is -3.22. The van der Waals surface area contributed by atoms with Gasteiger partial charge in [0.1, 0.15) is 12.4 Å². The Kier molecular flexibility index (Phi) is 6.11. The Morgan fingerprint density at radius 2 is 1.90 bits per heavy atom. The topological polar surface area (TPSA) is 84.5 Å². The Bertz CT molecular complexity index is 989. The van der Waals surface area contributed by atoms with Crippen LogP contribution in [0.25, 0.3) is 0 Å². The summed E-state index contributed by atoms with van der Waals surface area (Å²) in [5.41, 5.74) is 1.92. The highest BCUT2D eigenvalue weighted by Crippen LogP contribution is 2.36. The maximum atomic E-state index is 12.1. The van der Waals surface area contributed by atoms with Gasteiger partial charge in [0.05, 0.1) is 5.75 Å². The van der Waals surface area contributed by atoms with Crippen LogP contribution in [0.2, 0.25) is 0 Å². The normalized spacial score (nSPS) is 21.4. The third-order valence-electron chi connectivity index (χ3n) is 5.80. The van der Waals surface area contributed by atoms with Crippen LogP contribution in [0.5, 0.6) is 5.75 Å². The van der Waals surface area contributed by atoms with Crippen LogP contribution in [-0.4, -0.2) is 39.8 Å². The summed E-state index contributed by atoms with van der Waals surface area (Å²) in [6, 6.07) is 18.0. The van der Waals surface area contributed by atoms with Crippen molar-refractivity contribution in [2.24, 2.45) is 5.92 Å². The molecule has 1 saturated carbocycles. The van der Waals surface area contributed by atoms with Gasteiger partial charge in [0, 0.05) is 24.9 Å². The molecule has 1 aliphatic heterocycles. The molecule has 0 spiro atoms. The highest BCUT2D eigenvalue weighted by molar-refractivity contribution is 7.89. The number of ether oxygens (including phenoxy) is 1. The summed E-state index contributed by atoms with van der Waals surface area (Å²) < 4.78 is 32.3. The van der Waals surface area contributed by atoms with Gasteiger partial charge < -0.3 is 10.1 Å². The molecule has 30 heavy (non-hydrogen) atoms. The van der Waals surface area contributed by atoms with Crippen molar-refractivity contribution in [3.63, 3.8) is 0 Å². The third-order valence-corrected chi connectivity index (χ3v) is 7.35. The zero-order valence-electron chi connectivity index (χ0n) is 17.0. The fourth-order valence-electron chi connectivity index (χ4n) is 4.05. The number of nitrogens with one attached hydrogen (secondary N) is 2. The molecule has 160 valence electrons. The summed E-state index contributed by atoms with van der Waals surface area (Å²) in [5, 5.41) is 2.98. The smallest absolute Gasteiger partial charge is 0.221 e. The molecule has 1 atom stereocenters. The van der Waals surface area contributed by atoms with Crippen molar-refractivity contribution in [2.75, 3.05) is 25.4 Å². The number of amides is 1. The van der Waals surface area contributed by atoms with Crippen LogP contribution < -0.4 is 14.8 Å². The van der Waals surface area contributed by atoms with Crippen LogP contribution in [0.3, 0.4) is 0 Å². The average Bonchev–Trinajstić information content (AvgIpc) is 3.45. The molecular formula is C23H28N2O4S. The van der Waals surface area contributed by atoms with Crippen molar-refractivity contribution >= 4 is 15.9 Å². The van der Waals surface area contributed by atoms with Crippen LogP contribution in [0.4, 0.5) is 0 Å². The van der Waals surface area contributed by atoms with Gasteiger partial charge >= 0.3 is 0 Å². The van der Waals surface area contributed by atoms with Gasteiger partial charge in [0.15, 0.2) is 0 Å². The summed E-state index contributed by atoms with van der Waals surface area (Å²) in [4.78, 5) is 12.1. The number of hydrogen-bond donors (Lipinski definition) is 2. The predicted octanol–water partition coefficient (Wildman–Crippen LogP) is 2.40. The van der Waals surface area contributed by atoms with Crippen molar-refractivity contribution in [1.82, 2.24) is 10.0 Å². The number of carbonyl (C=O) groups excluding carboxylic acids is 1. The molecule has 2 aliphatic rings. The molecule has 6 nitrogen and oxygen atoms in total. The van der Waals surface area contributed by atoms with Crippen molar-refractivity contribution < 1.29 is 17.9 Å². The van der Waals surface area contributed by atoms with Crippen LogP contribution in [0, 0.1) is 5.92 Å². The largest absolute Gasteiger partial charge is 0.492 e. The SMILES string of the molecule is O=C1CC(Cc2ccccc2)(c2cccc(OCCNS(=O)(=O)CC3CC3)c2)CN1. The average molecular weight is 429 g/mol. The first kappa shape index (κ1) is 20.9. The van der Waals surface area contributed by atoms with Gasteiger partial charge in [-0.15, -0.1) is 0 Å². The first-order valence-corrected chi connectivity index (χ1v) is 12.1. The van der Waals surface area contributed by atoms with E-state index in [0.29, 0.717) is 24.6 Å². The van der Waals surface area contributed by atoms with Crippen molar-refractivity contribution in [2.45, 2.75) is 31.1 Å². The molecule has 4 rings (SSSR count). The second-order valence-corrected chi connectivity index (χ2v) is 10.2. The predicted molar refractivity (Wildman–Crippen MR) is 116 cm³/mol. The zero-order valence-corrected chi connectivity index (χ0v) is 17.8. The third kappa shape index (κ3) is 5.40. The molecule has 1 saturated heterocycles. The highest BCUT2D eigenvalue weighted by atomic mass is 32.2. The van der Waals surface area contributed by atoms with Gasteiger partial charge in [-0.2, -0.15) is 0 Å². The van der Waals surface area contributed by atoms with E-state index in [4.69, 9.17) is 4.74 Å². The number of hydrogen-bond acceptors (Lipinski definition) is 4. The van der Waals surface area contributed by atoms with E-state index in [1.54, 1.807) is 0 Å². The Hall–Kier alpha value is -2.38. The molecule has 7 heteroatoms. The lowest BCUT2D eigenvalue weighted by Gasteiger charge is -2.28. The number of rotatable bonds is 10. The number of sulfonamides is 1. The van der Waals surface area contributed by atoms with Gasteiger partial charge in [-0.05, 0) is 48.4 Å². The quantitative estimate of drug-likeness (QED) is 0.569. The van der Waals surface area contributed by atoms with Crippen LogP contribution >= 0.6 is 0 Å². The highest BCUT2D eigenvalue weighted by Gasteiger charge is 2.40. The van der Waals surface area contributed by atoms with Gasteiger partial charge in [0.25, 0.3) is 0 Å². The molecule has 0 aromatic heterocycles. The molecule has 2 N–H and O–H groups in total. The lowest BCUT2D eigenvalue weighted by atomic mass is 9.75. The molecule has 2 fully saturated rings. The van der Waals surface area contributed by atoms with E-state index < -0.39 is 10.0 Å². The molecule has 2 aromatic carbocycles. The summed E-state index contributed by atoms with van der Waals surface area (Å²) in [5.74, 6) is 1.28. The van der Waals surface area contributed by atoms with E-state index in [1.165, 1.54) is 5.56 Å². The molecule has 1 unspecified atom stereocenters. The molecule has 0 radical (unpaired) electrons. The summed E-state index contributed by atoms with van der Waals surface area (Å²) >= 11 is 0. The molecule has 1 aliphatic carbocycles. The maximum Gasteiger partial charge on any atom is 0.221 e. The Morgan fingerprint density at radius 3 is 2.60 bits per heavy atom. The van der Waals surface area contributed by atoms with Crippen molar-refractivity contribution in [3.8, 4) is 5.75 Å². The van der Waals surface area contributed by atoms with Crippen LogP contribution in [0.1, 0.15) is 30.4 Å². The summed E-state index contributed by atoms with van der Waals surface area (Å²) in [6.45, 7) is 1.09. The monoisotopic (exact) mass is 428 g/mol. The van der Waals surface area contributed by atoms with E-state index in [9.17, 15) is 13.2 Å². The van der Waals surface area contributed by atoms with Gasteiger partial charge in [-0.3, -0.25) is 4.79 Å². The van der Waals surface area contributed by atoms with Crippen molar-refractivity contribution in [1.29, 1.82) is 0 Å². The Balaban J connectivity index is 1.41. The van der Waals surface area contributed by atoms with E-state index in [-0.39, 0.29) is 30.2 Å². The minimum Gasteiger partial charge on any atom is -0.492 e. The summed E-state index contributed by atoms with van der Waals surface area (Å²) in [7, 11) is -3.22. The van der Waals surface area contributed by atoms with E-state index >= 15 is 0 Å². The first-order valence-electron chi connectivity index (χ1n) is 10.5. The Labute approximate surface area is 178 Å². The molecule has 0 bridgehead atoms. The van der Waals surface area contributed by atoms with Gasteiger partial charge in [-0.1, -0.05) is 42.5 Å². The van der Waals surface area contributed by atoms with E-state index in [1.807, 2.05) is 42.5 Å². The second-order valence-electron chi connectivity index (χ2n) is 8.39. The van der Waals surface area contributed by atoms with Crippen LogP contribution in [0.15, 0.2) is 54.6 Å². The number of benzene rings is 2. The van der Waals surface area contributed by atoms with Gasteiger partial charge in [0.2, 0.25) is 15.9 Å². The van der Waals surface area contributed by atoms with E-state index in [0.717, 1.165) is 24.8 Å². The van der Waals surface area contributed by atoms with Crippen LogP contribution in [-0.2, 0) is 26.7 Å². The fourth-order valence-corrected chi connectivity index (χ4v) is 5.52. The first-order chi connectivity index (χ1) is 14.4. The molecule has 1 heterocycles. The molecular weight excluding hydrogens is 400 g/mol. The Morgan fingerprint density at radius 1 is 1.10 bits per heavy atom. The molecule has 1 amide bonds. The maximum absolute atomic E-state index is 12.1. The zero-order chi connectivity index (χ0) is 21.0. The second kappa shape index (κ2) is 8.78. The lowest BCUT2D eigenvalue weighted by molar-refractivity contribution is -0.119. The molecule has 2 aromatic rings. The summed E-state index contributed by atoms with van der Waals surface area (Å²) in [6.07, 6.45) is 3.21. The van der Waals surface area contributed by atoms with Gasteiger partial charge in [-0.25, -0.2) is 13.1 Å². The van der Waals surface area contributed by atoms with E-state index in [2.05, 4.69) is 22.2 Å². The minimum absolute atomic E-state index is 0.0577. The van der Waals surface area contributed by atoms with Crippen molar-refractivity contribution in [3.05, 3.63) is 65.7 Å². The lowest BCUT2D eigenvalue weighted by Crippen LogP contribution is -2.32.